The molecule has 0 radical (unpaired) electrons. The fourth-order valence-corrected chi connectivity index (χ4v) is 1.74. The molecule has 0 fully saturated rings. The molecule has 1 aliphatic carbocycles. The average molecular weight is 267 g/mol. The van der Waals surface area contributed by atoms with Gasteiger partial charge >= 0.3 is 0 Å². The molecule has 1 aliphatic rings. The third kappa shape index (κ3) is 2.65. The van der Waals surface area contributed by atoms with Gasteiger partial charge in [0.15, 0.2) is 0 Å². The van der Waals surface area contributed by atoms with Crippen molar-refractivity contribution in [3.63, 3.8) is 0 Å². The summed E-state index contributed by atoms with van der Waals surface area (Å²) >= 11 is 3.29. The van der Waals surface area contributed by atoms with Crippen LogP contribution in [0.15, 0.2) is 35.0 Å². The van der Waals surface area contributed by atoms with Gasteiger partial charge in [0.2, 0.25) is 5.91 Å². The molecule has 0 saturated carbocycles. The quantitative estimate of drug-likeness (QED) is 0.837. The van der Waals surface area contributed by atoms with Gasteiger partial charge in [-0.15, -0.1) is 0 Å². The first-order chi connectivity index (χ1) is 7.25. The number of nitrogens with zero attached hydrogens (tertiary/aromatic N) is 1. The van der Waals surface area contributed by atoms with Crippen LogP contribution < -0.4 is 5.32 Å². The number of hydrogen-bond acceptors (Lipinski definition) is 2. The molecule has 1 N–H and O–H groups in total. The van der Waals surface area contributed by atoms with Gasteiger partial charge in [0.05, 0.1) is 0 Å². The van der Waals surface area contributed by atoms with Crippen molar-refractivity contribution in [3.05, 3.63) is 35.0 Å². The Morgan fingerprint density at radius 3 is 2.73 bits per heavy atom. The summed E-state index contributed by atoms with van der Waals surface area (Å²) in [7, 11) is 0. The van der Waals surface area contributed by atoms with Crippen LogP contribution in [0.4, 0.5) is 5.82 Å². The molecule has 78 valence electrons. The number of aromatic nitrogens is 1. The lowest BCUT2D eigenvalue weighted by atomic mass is 10.1. The summed E-state index contributed by atoms with van der Waals surface area (Å²) in [6.45, 7) is 0. The molecule has 0 atom stereocenters. The maximum Gasteiger partial charge on any atom is 0.229 e. The lowest BCUT2D eigenvalue weighted by Gasteiger charge is -2.09. The smallest absolute Gasteiger partial charge is 0.229 e. The highest BCUT2D eigenvalue weighted by Gasteiger charge is 2.19. The summed E-state index contributed by atoms with van der Waals surface area (Å²) in [5, 5.41) is 2.80. The summed E-state index contributed by atoms with van der Waals surface area (Å²) in [5.74, 6) is 0.736. The maximum absolute atomic E-state index is 11.7. The van der Waals surface area contributed by atoms with Crippen molar-refractivity contribution < 1.29 is 4.79 Å². The van der Waals surface area contributed by atoms with Crippen molar-refractivity contribution in [1.29, 1.82) is 0 Å². The molecular formula is C11H11BrN2O. The number of halogens is 1. The van der Waals surface area contributed by atoms with Crippen molar-refractivity contribution in [2.75, 3.05) is 5.32 Å². The van der Waals surface area contributed by atoms with Crippen LogP contribution in [-0.2, 0) is 4.79 Å². The SMILES string of the molecule is O=C(Nc1ccc(Br)cn1)C1CC=CC1. The van der Waals surface area contributed by atoms with E-state index in [1.807, 2.05) is 18.2 Å². The molecule has 0 bridgehead atoms. The van der Waals surface area contributed by atoms with E-state index in [0.717, 1.165) is 17.3 Å². The highest BCUT2D eigenvalue weighted by molar-refractivity contribution is 9.10. The van der Waals surface area contributed by atoms with E-state index in [9.17, 15) is 4.79 Å². The number of allylic oxidation sites excluding steroid dienone is 2. The predicted octanol–water partition coefficient (Wildman–Crippen LogP) is 2.75. The highest BCUT2D eigenvalue weighted by Crippen LogP contribution is 2.19. The Morgan fingerprint density at radius 1 is 1.40 bits per heavy atom. The minimum Gasteiger partial charge on any atom is -0.310 e. The number of nitrogens with one attached hydrogen (secondary N) is 1. The Hall–Kier alpha value is -1.16. The van der Waals surface area contributed by atoms with Gasteiger partial charge < -0.3 is 5.32 Å². The van der Waals surface area contributed by atoms with E-state index in [2.05, 4.69) is 26.2 Å². The number of carbonyl (C=O) groups excluding carboxylic acids is 1. The second-order valence-electron chi connectivity index (χ2n) is 3.49. The summed E-state index contributed by atoms with van der Waals surface area (Å²) in [4.78, 5) is 15.8. The normalized spacial score (nSPS) is 15.5. The van der Waals surface area contributed by atoms with Gasteiger partial charge in [0, 0.05) is 16.6 Å². The summed E-state index contributed by atoms with van der Waals surface area (Å²) in [5.41, 5.74) is 0. The zero-order valence-electron chi connectivity index (χ0n) is 8.11. The Kier molecular flexibility index (Phi) is 3.16. The van der Waals surface area contributed by atoms with Crippen LogP contribution in [0.2, 0.25) is 0 Å². The number of carbonyl (C=O) groups is 1. The Bertz CT molecular complexity index is 378. The van der Waals surface area contributed by atoms with E-state index in [0.29, 0.717) is 5.82 Å². The number of amides is 1. The minimum absolute atomic E-state index is 0.0508. The molecule has 1 aromatic rings. The van der Waals surface area contributed by atoms with Crippen LogP contribution in [0, 0.1) is 5.92 Å². The first kappa shape index (κ1) is 10.4. The van der Waals surface area contributed by atoms with E-state index >= 15 is 0 Å². The molecule has 4 heteroatoms. The molecule has 2 rings (SSSR count). The molecule has 0 aromatic carbocycles. The van der Waals surface area contributed by atoms with Crippen molar-refractivity contribution in [3.8, 4) is 0 Å². The number of rotatable bonds is 2. The maximum atomic E-state index is 11.7. The zero-order valence-corrected chi connectivity index (χ0v) is 9.70. The Morgan fingerprint density at radius 2 is 2.13 bits per heavy atom. The van der Waals surface area contributed by atoms with Crippen LogP contribution in [0.25, 0.3) is 0 Å². The number of hydrogen-bond donors (Lipinski definition) is 1. The summed E-state index contributed by atoms with van der Waals surface area (Å²) in [6.07, 6.45) is 7.42. The molecule has 0 saturated heterocycles. The lowest BCUT2D eigenvalue weighted by Crippen LogP contribution is -2.21. The number of pyridine rings is 1. The lowest BCUT2D eigenvalue weighted by molar-refractivity contribution is -0.119. The Labute approximate surface area is 96.7 Å². The standard InChI is InChI=1S/C11H11BrN2O/c12-9-5-6-10(13-7-9)14-11(15)8-3-1-2-4-8/h1-2,5-8H,3-4H2,(H,13,14,15). The van der Waals surface area contributed by atoms with Gasteiger partial charge in [-0.2, -0.15) is 0 Å². The molecular weight excluding hydrogens is 256 g/mol. The van der Waals surface area contributed by atoms with E-state index in [1.54, 1.807) is 12.3 Å². The molecule has 0 aliphatic heterocycles. The minimum atomic E-state index is 0.0508. The largest absolute Gasteiger partial charge is 0.310 e. The van der Waals surface area contributed by atoms with E-state index in [4.69, 9.17) is 0 Å². The summed E-state index contributed by atoms with van der Waals surface area (Å²) in [6, 6.07) is 3.64. The van der Waals surface area contributed by atoms with E-state index in [1.165, 1.54) is 0 Å². The third-order valence-electron chi connectivity index (χ3n) is 2.36. The van der Waals surface area contributed by atoms with E-state index < -0.39 is 0 Å². The third-order valence-corrected chi connectivity index (χ3v) is 2.83. The van der Waals surface area contributed by atoms with Crippen molar-refractivity contribution >= 4 is 27.7 Å². The molecule has 0 unspecified atom stereocenters. The van der Waals surface area contributed by atoms with Gasteiger partial charge in [-0.05, 0) is 40.9 Å². The molecule has 1 amide bonds. The monoisotopic (exact) mass is 266 g/mol. The van der Waals surface area contributed by atoms with Crippen molar-refractivity contribution in [2.45, 2.75) is 12.8 Å². The highest BCUT2D eigenvalue weighted by atomic mass is 79.9. The molecule has 1 aromatic heterocycles. The zero-order chi connectivity index (χ0) is 10.7. The summed E-state index contributed by atoms with van der Waals surface area (Å²) < 4.78 is 0.906. The van der Waals surface area contributed by atoms with Crippen molar-refractivity contribution in [2.24, 2.45) is 5.92 Å². The fraction of sp³-hybridized carbons (Fsp3) is 0.273. The van der Waals surface area contributed by atoms with Crippen LogP contribution in [0.3, 0.4) is 0 Å². The topological polar surface area (TPSA) is 42.0 Å². The second kappa shape index (κ2) is 4.57. The Balaban J connectivity index is 1.96. The van der Waals surface area contributed by atoms with Crippen LogP contribution in [0.1, 0.15) is 12.8 Å². The average Bonchev–Trinajstić information content (AvgIpc) is 2.74. The second-order valence-corrected chi connectivity index (χ2v) is 4.41. The van der Waals surface area contributed by atoms with Gasteiger partial charge in [0.25, 0.3) is 0 Å². The van der Waals surface area contributed by atoms with Crippen LogP contribution >= 0.6 is 15.9 Å². The first-order valence-corrected chi connectivity index (χ1v) is 5.62. The van der Waals surface area contributed by atoms with Crippen LogP contribution in [0.5, 0.6) is 0 Å². The van der Waals surface area contributed by atoms with Gasteiger partial charge in [0.1, 0.15) is 5.82 Å². The molecule has 1 heterocycles. The predicted molar refractivity (Wildman–Crippen MR) is 62.4 cm³/mol. The van der Waals surface area contributed by atoms with Gasteiger partial charge in [-0.1, -0.05) is 12.2 Å². The first-order valence-electron chi connectivity index (χ1n) is 4.83. The number of anilines is 1. The fourth-order valence-electron chi connectivity index (χ4n) is 1.51. The van der Waals surface area contributed by atoms with E-state index in [-0.39, 0.29) is 11.8 Å². The molecule has 3 nitrogen and oxygen atoms in total. The van der Waals surface area contributed by atoms with Crippen LogP contribution in [-0.4, -0.2) is 10.9 Å². The van der Waals surface area contributed by atoms with Gasteiger partial charge in [-0.3, -0.25) is 4.79 Å². The molecule has 0 spiro atoms. The molecule has 15 heavy (non-hydrogen) atoms. The van der Waals surface area contributed by atoms with Gasteiger partial charge in [-0.25, -0.2) is 4.98 Å². The van der Waals surface area contributed by atoms with Crippen molar-refractivity contribution in [1.82, 2.24) is 4.98 Å².